The van der Waals surface area contributed by atoms with Crippen molar-refractivity contribution >= 4 is 11.0 Å². The Balaban J connectivity index is 1.54. The van der Waals surface area contributed by atoms with Crippen molar-refractivity contribution in [2.45, 2.75) is 19.9 Å². The highest BCUT2D eigenvalue weighted by Gasteiger charge is 2.21. The summed E-state index contributed by atoms with van der Waals surface area (Å²) in [5.74, 6) is 1.66. The highest BCUT2D eigenvalue weighted by atomic mass is 16.5. The highest BCUT2D eigenvalue weighted by Crippen LogP contribution is 2.32. The first-order chi connectivity index (χ1) is 12.6. The van der Waals surface area contributed by atoms with E-state index in [-0.39, 0.29) is 5.63 Å². The Labute approximate surface area is 151 Å². The Morgan fingerprint density at radius 2 is 1.96 bits per heavy atom. The van der Waals surface area contributed by atoms with E-state index in [0.717, 1.165) is 41.0 Å². The molecule has 0 amide bonds. The average Bonchev–Trinajstić information content (AvgIpc) is 2.66. The van der Waals surface area contributed by atoms with Gasteiger partial charge < -0.3 is 13.9 Å². The molecule has 0 N–H and O–H groups in total. The molecule has 2 aromatic carbocycles. The fourth-order valence-electron chi connectivity index (χ4n) is 3.36. The van der Waals surface area contributed by atoms with Gasteiger partial charge in [0.25, 0.3) is 0 Å². The Morgan fingerprint density at radius 1 is 1.15 bits per heavy atom. The molecule has 1 aromatic heterocycles. The molecule has 1 aliphatic rings. The predicted molar refractivity (Wildman–Crippen MR) is 99.8 cm³/mol. The minimum absolute atomic E-state index is 0.321. The van der Waals surface area contributed by atoms with Crippen LogP contribution in [0.2, 0.25) is 0 Å². The topological polar surface area (TPSA) is 51.9 Å². The SMILES string of the molecule is COc1ccc(CCN2COc3ccc4c(C)cc(=O)oc4c3C2)cc1. The lowest BCUT2D eigenvalue weighted by Crippen LogP contribution is -2.33. The molecule has 5 heteroatoms. The van der Waals surface area contributed by atoms with Gasteiger partial charge >= 0.3 is 5.63 Å². The van der Waals surface area contributed by atoms with Gasteiger partial charge in [0.05, 0.1) is 12.7 Å². The second-order valence-corrected chi connectivity index (χ2v) is 6.59. The molecule has 0 saturated carbocycles. The van der Waals surface area contributed by atoms with Crippen LogP contribution in [0.5, 0.6) is 11.5 Å². The maximum atomic E-state index is 11.8. The van der Waals surface area contributed by atoms with Crippen molar-refractivity contribution in [3.63, 3.8) is 0 Å². The van der Waals surface area contributed by atoms with Crippen LogP contribution in [-0.4, -0.2) is 25.3 Å². The molecule has 4 rings (SSSR count). The van der Waals surface area contributed by atoms with Crippen LogP contribution in [0.1, 0.15) is 16.7 Å². The zero-order valence-corrected chi connectivity index (χ0v) is 15.0. The van der Waals surface area contributed by atoms with Crippen molar-refractivity contribution in [2.24, 2.45) is 0 Å². The largest absolute Gasteiger partial charge is 0.497 e. The summed E-state index contributed by atoms with van der Waals surface area (Å²) in [7, 11) is 1.67. The summed E-state index contributed by atoms with van der Waals surface area (Å²) in [6.45, 7) is 4.02. The molecule has 26 heavy (non-hydrogen) atoms. The van der Waals surface area contributed by atoms with Crippen LogP contribution < -0.4 is 15.1 Å². The van der Waals surface area contributed by atoms with Gasteiger partial charge in [0.1, 0.15) is 23.8 Å². The summed E-state index contributed by atoms with van der Waals surface area (Å²) in [6, 6.07) is 13.6. The molecule has 0 unspecified atom stereocenters. The van der Waals surface area contributed by atoms with Crippen LogP contribution in [0.25, 0.3) is 11.0 Å². The van der Waals surface area contributed by atoms with Gasteiger partial charge in [0.15, 0.2) is 0 Å². The van der Waals surface area contributed by atoms with Crippen molar-refractivity contribution in [3.05, 3.63) is 69.6 Å². The first kappa shape index (κ1) is 16.7. The molecule has 0 saturated heterocycles. The van der Waals surface area contributed by atoms with Gasteiger partial charge in [0.2, 0.25) is 0 Å². The number of fused-ring (bicyclic) bond motifs is 3. The Bertz CT molecular complexity index is 991. The molecule has 5 nitrogen and oxygen atoms in total. The average molecular weight is 351 g/mol. The number of hydrogen-bond acceptors (Lipinski definition) is 5. The van der Waals surface area contributed by atoms with Crippen LogP contribution in [-0.2, 0) is 13.0 Å². The zero-order valence-electron chi connectivity index (χ0n) is 15.0. The van der Waals surface area contributed by atoms with Gasteiger partial charge in [-0.25, -0.2) is 4.79 Å². The van der Waals surface area contributed by atoms with E-state index < -0.39 is 0 Å². The van der Waals surface area contributed by atoms with Gasteiger partial charge in [-0.15, -0.1) is 0 Å². The molecule has 0 bridgehead atoms. The third-order valence-electron chi connectivity index (χ3n) is 4.84. The van der Waals surface area contributed by atoms with Crippen molar-refractivity contribution < 1.29 is 13.9 Å². The van der Waals surface area contributed by atoms with Gasteiger partial charge in [-0.3, -0.25) is 4.90 Å². The molecule has 0 aliphatic carbocycles. The van der Waals surface area contributed by atoms with E-state index in [0.29, 0.717) is 18.9 Å². The fourth-order valence-corrected chi connectivity index (χ4v) is 3.36. The Morgan fingerprint density at radius 3 is 2.73 bits per heavy atom. The molecule has 0 fully saturated rings. The maximum Gasteiger partial charge on any atom is 0.336 e. The number of ether oxygens (including phenoxy) is 2. The fraction of sp³-hybridized carbons (Fsp3) is 0.286. The van der Waals surface area contributed by atoms with E-state index in [1.54, 1.807) is 7.11 Å². The summed E-state index contributed by atoms with van der Waals surface area (Å²) in [5, 5.41) is 0.962. The Hall–Kier alpha value is -2.79. The number of nitrogens with zero attached hydrogens (tertiary/aromatic N) is 1. The summed E-state index contributed by atoms with van der Waals surface area (Å²) >= 11 is 0. The van der Waals surface area contributed by atoms with Crippen molar-refractivity contribution in [1.29, 1.82) is 0 Å². The van der Waals surface area contributed by atoms with Crippen LogP contribution >= 0.6 is 0 Å². The molecular formula is C21H21NO4. The number of aryl methyl sites for hydroxylation is 1. The van der Waals surface area contributed by atoms with Gasteiger partial charge in [-0.2, -0.15) is 0 Å². The lowest BCUT2D eigenvalue weighted by atomic mass is 10.0. The minimum Gasteiger partial charge on any atom is -0.497 e. The monoisotopic (exact) mass is 351 g/mol. The summed E-state index contributed by atoms with van der Waals surface area (Å²) < 4.78 is 16.6. The summed E-state index contributed by atoms with van der Waals surface area (Å²) in [5.41, 5.74) is 3.44. The summed E-state index contributed by atoms with van der Waals surface area (Å²) in [6.07, 6.45) is 0.913. The van der Waals surface area contributed by atoms with Crippen molar-refractivity contribution in [3.8, 4) is 11.5 Å². The van der Waals surface area contributed by atoms with Crippen LogP contribution in [0, 0.1) is 6.92 Å². The normalized spacial score (nSPS) is 14.1. The standard InChI is InChI=1S/C21H21NO4/c1-14-11-20(23)26-21-17(14)7-8-19-18(21)12-22(13-25-19)10-9-15-3-5-16(24-2)6-4-15/h3-8,11H,9-10,12-13H2,1-2H3. The second-order valence-electron chi connectivity index (χ2n) is 6.59. The van der Waals surface area contributed by atoms with E-state index in [9.17, 15) is 4.79 Å². The van der Waals surface area contributed by atoms with Crippen molar-refractivity contribution in [1.82, 2.24) is 4.90 Å². The predicted octanol–water partition coefficient (Wildman–Crippen LogP) is 3.50. The molecule has 0 spiro atoms. The molecular weight excluding hydrogens is 330 g/mol. The third-order valence-corrected chi connectivity index (χ3v) is 4.84. The van der Waals surface area contributed by atoms with E-state index in [4.69, 9.17) is 13.9 Å². The molecule has 1 aliphatic heterocycles. The number of rotatable bonds is 4. The molecule has 3 aromatic rings. The molecule has 0 radical (unpaired) electrons. The van der Waals surface area contributed by atoms with E-state index >= 15 is 0 Å². The molecule has 0 atom stereocenters. The van der Waals surface area contributed by atoms with Crippen molar-refractivity contribution in [2.75, 3.05) is 20.4 Å². The smallest absolute Gasteiger partial charge is 0.336 e. The lowest BCUT2D eigenvalue weighted by Gasteiger charge is -2.29. The van der Waals surface area contributed by atoms with E-state index in [1.807, 2.05) is 31.2 Å². The van der Waals surface area contributed by atoms with Crippen LogP contribution in [0.4, 0.5) is 0 Å². The second kappa shape index (κ2) is 6.84. The summed E-state index contributed by atoms with van der Waals surface area (Å²) in [4.78, 5) is 14.0. The quantitative estimate of drug-likeness (QED) is 0.674. The van der Waals surface area contributed by atoms with Gasteiger partial charge in [-0.05, 0) is 48.7 Å². The number of methoxy groups -OCH3 is 1. The van der Waals surface area contributed by atoms with E-state index in [1.165, 1.54) is 11.6 Å². The minimum atomic E-state index is -0.321. The van der Waals surface area contributed by atoms with Crippen LogP contribution in [0.3, 0.4) is 0 Å². The zero-order chi connectivity index (χ0) is 18.1. The van der Waals surface area contributed by atoms with E-state index in [2.05, 4.69) is 17.0 Å². The first-order valence-corrected chi connectivity index (χ1v) is 8.68. The van der Waals surface area contributed by atoms with Gasteiger partial charge in [-0.1, -0.05) is 12.1 Å². The molecule has 134 valence electrons. The number of hydrogen-bond donors (Lipinski definition) is 0. The highest BCUT2D eigenvalue weighted by molar-refractivity contribution is 5.85. The molecule has 2 heterocycles. The van der Waals surface area contributed by atoms with Crippen LogP contribution in [0.15, 0.2) is 51.7 Å². The third kappa shape index (κ3) is 3.18. The lowest BCUT2D eigenvalue weighted by molar-refractivity contribution is 0.0968. The number of benzene rings is 2. The first-order valence-electron chi connectivity index (χ1n) is 8.68. The maximum absolute atomic E-state index is 11.8. The van der Waals surface area contributed by atoms with Gasteiger partial charge in [0, 0.05) is 24.5 Å². The Kier molecular flexibility index (Phi) is 4.39.